The zero-order valence-electron chi connectivity index (χ0n) is 19.6. The van der Waals surface area contributed by atoms with Gasteiger partial charge in [-0.25, -0.2) is 14.0 Å². The number of ether oxygens (including phenoxy) is 1. The highest BCUT2D eigenvalue weighted by molar-refractivity contribution is 6.27. The third-order valence-corrected chi connectivity index (χ3v) is 6.28. The average Bonchev–Trinajstić information content (AvgIpc) is 2.89. The number of benzene rings is 2. The van der Waals surface area contributed by atoms with Crippen LogP contribution in [0.1, 0.15) is 23.2 Å². The Hall–Kier alpha value is -3.66. The van der Waals surface area contributed by atoms with E-state index >= 15 is 0 Å². The number of hydrogen-bond acceptors (Lipinski definition) is 6. The first kappa shape index (κ1) is 26.0. The van der Waals surface area contributed by atoms with Crippen molar-refractivity contribution in [2.75, 3.05) is 51.3 Å². The van der Waals surface area contributed by atoms with Crippen LogP contribution in [0.3, 0.4) is 0 Å². The number of methoxy groups -OCH3 is 1. The lowest BCUT2D eigenvalue weighted by Gasteiger charge is -2.43. The summed E-state index contributed by atoms with van der Waals surface area (Å²) in [4.78, 5) is 37.7. The molecule has 2 N–H and O–H groups in total. The Balaban J connectivity index is 0.000000509. The summed E-state index contributed by atoms with van der Waals surface area (Å²) in [7, 11) is 1.72. The topological polar surface area (TPSA) is 111 Å². The smallest absolute Gasteiger partial charge is 0.414 e. The monoisotopic (exact) mass is 487 g/mol. The predicted molar refractivity (Wildman–Crippen MR) is 127 cm³/mol. The van der Waals surface area contributed by atoms with Crippen molar-refractivity contribution in [2.24, 2.45) is 0 Å². The molecule has 0 aliphatic carbocycles. The maximum Gasteiger partial charge on any atom is 0.414 e. The standard InChI is InChI=1S/C23H28FN3O2.C2H2O4/c1-29-22-5-3-2-4-21(22)26-16-14-25(15-17-26)20-10-12-27(13-11-20)23(28)18-6-8-19(24)9-7-18;3-1(4)2(5)6/h2-9,20H,10-17H2,1H3;(H,3,4)(H,5,6). The number of carboxylic acid groups (broad SMARTS) is 2. The fourth-order valence-corrected chi connectivity index (χ4v) is 4.43. The predicted octanol–water partition coefficient (Wildman–Crippen LogP) is 2.42. The van der Waals surface area contributed by atoms with E-state index in [2.05, 4.69) is 21.9 Å². The molecule has 0 saturated carbocycles. The van der Waals surface area contributed by atoms with Crippen molar-refractivity contribution >= 4 is 23.5 Å². The van der Waals surface area contributed by atoms with Gasteiger partial charge in [0.15, 0.2) is 0 Å². The number of carbonyl (C=O) groups excluding carboxylic acids is 1. The first-order valence-corrected chi connectivity index (χ1v) is 11.4. The molecule has 10 heteroatoms. The summed E-state index contributed by atoms with van der Waals surface area (Å²) in [6.45, 7) is 5.52. The molecule has 2 heterocycles. The number of hydrogen-bond donors (Lipinski definition) is 2. The maximum absolute atomic E-state index is 13.1. The third-order valence-electron chi connectivity index (χ3n) is 6.28. The molecule has 9 nitrogen and oxygen atoms in total. The van der Waals surface area contributed by atoms with Crippen LogP contribution >= 0.6 is 0 Å². The number of likely N-dealkylation sites (tertiary alicyclic amines) is 1. The van der Waals surface area contributed by atoms with Gasteiger partial charge in [0.1, 0.15) is 11.6 Å². The lowest BCUT2D eigenvalue weighted by atomic mass is 10.0. The van der Waals surface area contributed by atoms with Gasteiger partial charge in [-0.1, -0.05) is 12.1 Å². The van der Waals surface area contributed by atoms with Crippen LogP contribution in [0.25, 0.3) is 0 Å². The minimum absolute atomic E-state index is 0.00411. The maximum atomic E-state index is 13.1. The number of rotatable bonds is 4. The van der Waals surface area contributed by atoms with Crippen molar-refractivity contribution in [2.45, 2.75) is 18.9 Å². The molecule has 0 radical (unpaired) electrons. The Kier molecular flexibility index (Phi) is 9.02. The summed E-state index contributed by atoms with van der Waals surface area (Å²) < 4.78 is 18.6. The van der Waals surface area contributed by atoms with E-state index in [-0.39, 0.29) is 11.7 Å². The molecule has 2 aliphatic rings. The second-order valence-corrected chi connectivity index (χ2v) is 8.34. The van der Waals surface area contributed by atoms with Crippen molar-refractivity contribution in [3.05, 3.63) is 59.9 Å². The highest BCUT2D eigenvalue weighted by Crippen LogP contribution is 2.29. The van der Waals surface area contributed by atoms with E-state index in [4.69, 9.17) is 24.5 Å². The van der Waals surface area contributed by atoms with Crippen LogP contribution in [0.4, 0.5) is 10.1 Å². The first-order valence-electron chi connectivity index (χ1n) is 11.4. The second kappa shape index (κ2) is 12.2. The molecular weight excluding hydrogens is 457 g/mol. The van der Waals surface area contributed by atoms with Gasteiger partial charge in [-0.3, -0.25) is 9.69 Å². The molecule has 1 amide bonds. The van der Waals surface area contributed by atoms with E-state index in [0.717, 1.165) is 63.5 Å². The summed E-state index contributed by atoms with van der Waals surface area (Å²) >= 11 is 0. The van der Waals surface area contributed by atoms with Crippen LogP contribution < -0.4 is 9.64 Å². The van der Waals surface area contributed by atoms with E-state index in [1.54, 1.807) is 19.2 Å². The molecule has 2 fully saturated rings. The second-order valence-electron chi connectivity index (χ2n) is 8.34. The van der Waals surface area contributed by atoms with E-state index in [1.807, 2.05) is 17.0 Å². The molecule has 2 aliphatic heterocycles. The van der Waals surface area contributed by atoms with E-state index in [0.29, 0.717) is 11.6 Å². The fraction of sp³-hybridized carbons (Fsp3) is 0.400. The number of carbonyl (C=O) groups is 3. The molecule has 4 rings (SSSR count). The number of nitrogens with zero attached hydrogens (tertiary/aromatic N) is 3. The molecule has 2 aromatic rings. The van der Waals surface area contributed by atoms with Gasteiger partial charge in [0.2, 0.25) is 0 Å². The Morgan fingerprint density at radius 1 is 0.857 bits per heavy atom. The number of aliphatic carboxylic acids is 2. The Morgan fingerprint density at radius 3 is 1.97 bits per heavy atom. The zero-order chi connectivity index (χ0) is 25.4. The van der Waals surface area contributed by atoms with Crippen LogP contribution in [0.5, 0.6) is 5.75 Å². The van der Waals surface area contributed by atoms with Gasteiger partial charge in [0.25, 0.3) is 5.91 Å². The molecule has 2 saturated heterocycles. The molecule has 188 valence electrons. The number of piperazine rings is 1. The number of halogens is 1. The number of piperidine rings is 1. The average molecular weight is 488 g/mol. The van der Waals surface area contributed by atoms with Gasteiger partial charge < -0.3 is 24.7 Å². The molecule has 0 atom stereocenters. The van der Waals surface area contributed by atoms with Crippen LogP contribution in [0.2, 0.25) is 0 Å². The summed E-state index contributed by atoms with van der Waals surface area (Å²) in [6.07, 6.45) is 1.98. The Bertz CT molecular complexity index is 1000. The minimum atomic E-state index is -1.82. The van der Waals surface area contributed by atoms with Gasteiger partial charge in [-0.15, -0.1) is 0 Å². The number of carboxylic acids is 2. The SMILES string of the molecule is COc1ccccc1N1CCN(C2CCN(C(=O)c3ccc(F)cc3)CC2)CC1.O=C(O)C(=O)O. The van der Waals surface area contributed by atoms with E-state index < -0.39 is 11.9 Å². The summed E-state index contributed by atoms with van der Waals surface area (Å²) in [6, 6.07) is 14.5. The Morgan fingerprint density at radius 2 is 1.43 bits per heavy atom. The van der Waals surface area contributed by atoms with Crippen molar-refractivity contribution in [1.29, 1.82) is 0 Å². The first-order chi connectivity index (χ1) is 16.8. The summed E-state index contributed by atoms with van der Waals surface area (Å²) in [5.74, 6) is -3.03. The Labute approximate surface area is 203 Å². The van der Waals surface area contributed by atoms with Gasteiger partial charge >= 0.3 is 11.9 Å². The van der Waals surface area contributed by atoms with E-state index in [1.165, 1.54) is 12.1 Å². The molecule has 0 spiro atoms. The molecule has 0 unspecified atom stereocenters. The van der Waals surface area contributed by atoms with Crippen LogP contribution in [0.15, 0.2) is 48.5 Å². The molecule has 0 bridgehead atoms. The largest absolute Gasteiger partial charge is 0.495 e. The molecule has 2 aromatic carbocycles. The number of amides is 1. The van der Waals surface area contributed by atoms with Gasteiger partial charge in [-0.2, -0.15) is 0 Å². The molecule has 0 aromatic heterocycles. The van der Waals surface area contributed by atoms with Crippen LogP contribution in [-0.2, 0) is 9.59 Å². The van der Waals surface area contributed by atoms with Crippen molar-refractivity contribution in [1.82, 2.24) is 9.80 Å². The van der Waals surface area contributed by atoms with Gasteiger partial charge in [0.05, 0.1) is 12.8 Å². The van der Waals surface area contributed by atoms with Gasteiger partial charge in [-0.05, 0) is 49.2 Å². The molecule has 35 heavy (non-hydrogen) atoms. The number of anilines is 1. The zero-order valence-corrected chi connectivity index (χ0v) is 19.6. The van der Waals surface area contributed by atoms with Crippen molar-refractivity contribution < 1.29 is 33.7 Å². The lowest BCUT2D eigenvalue weighted by molar-refractivity contribution is -0.159. The van der Waals surface area contributed by atoms with Crippen LogP contribution in [0, 0.1) is 5.82 Å². The summed E-state index contributed by atoms with van der Waals surface area (Å²) in [5, 5.41) is 14.8. The highest BCUT2D eigenvalue weighted by Gasteiger charge is 2.30. The minimum Gasteiger partial charge on any atom is -0.495 e. The lowest BCUT2D eigenvalue weighted by Crippen LogP contribution is -2.53. The fourth-order valence-electron chi connectivity index (χ4n) is 4.43. The van der Waals surface area contributed by atoms with Gasteiger partial charge in [0, 0.05) is 50.9 Å². The normalized spacial score (nSPS) is 16.7. The highest BCUT2D eigenvalue weighted by atomic mass is 19.1. The quantitative estimate of drug-likeness (QED) is 0.633. The van der Waals surface area contributed by atoms with E-state index in [9.17, 15) is 9.18 Å². The van der Waals surface area contributed by atoms with Crippen LogP contribution in [-0.4, -0.2) is 90.3 Å². The van der Waals surface area contributed by atoms with Crippen molar-refractivity contribution in [3.63, 3.8) is 0 Å². The summed E-state index contributed by atoms with van der Waals surface area (Å²) in [5.41, 5.74) is 1.73. The third kappa shape index (κ3) is 6.92. The molecular formula is C25H30FN3O6. The van der Waals surface area contributed by atoms with Crippen molar-refractivity contribution in [3.8, 4) is 5.75 Å². The number of para-hydroxylation sites is 2.